The van der Waals surface area contributed by atoms with Crippen LogP contribution in [0.1, 0.15) is 10.5 Å². The highest BCUT2D eigenvalue weighted by molar-refractivity contribution is 7.98. The zero-order valence-electron chi connectivity index (χ0n) is 11.1. The Bertz CT molecular complexity index is 598. The van der Waals surface area contributed by atoms with E-state index in [1.807, 2.05) is 0 Å². The first-order valence-electron chi connectivity index (χ1n) is 6.36. The minimum atomic E-state index is -0.245. The van der Waals surface area contributed by atoms with Crippen molar-refractivity contribution >= 4 is 17.7 Å². The molecule has 1 saturated heterocycles. The first-order chi connectivity index (χ1) is 10.3. The van der Waals surface area contributed by atoms with Crippen molar-refractivity contribution in [2.75, 3.05) is 26.3 Å². The molecule has 0 aliphatic carbocycles. The summed E-state index contributed by atoms with van der Waals surface area (Å²) in [5.41, 5.74) is 3.22. The number of hydrogen-bond acceptors (Lipinski definition) is 8. The molecular weight excluding hydrogens is 294 g/mol. The van der Waals surface area contributed by atoms with Gasteiger partial charge in [0.1, 0.15) is 6.26 Å². The van der Waals surface area contributed by atoms with E-state index in [9.17, 15) is 4.79 Å². The smallest absolute Gasteiger partial charge is 0.290 e. The average Bonchev–Trinajstić information content (AvgIpc) is 2.81. The van der Waals surface area contributed by atoms with Gasteiger partial charge >= 0.3 is 0 Å². The first-order valence-corrected chi connectivity index (χ1v) is 7.18. The number of nitrogens with one attached hydrogen (secondary N) is 1. The third-order valence-electron chi connectivity index (χ3n) is 2.68. The molecule has 3 heterocycles. The third kappa shape index (κ3) is 3.57. The third-order valence-corrected chi connectivity index (χ3v) is 3.43. The number of oxazole rings is 1. The molecule has 2 aromatic rings. The van der Waals surface area contributed by atoms with Gasteiger partial charge in [-0.2, -0.15) is 4.98 Å². The van der Waals surface area contributed by atoms with Gasteiger partial charge in [-0.1, -0.05) is 0 Å². The Labute approximate surface area is 124 Å². The summed E-state index contributed by atoms with van der Waals surface area (Å²) in [4.78, 5) is 24.5. The molecule has 1 fully saturated rings. The maximum Gasteiger partial charge on any atom is 0.290 e. The molecule has 0 radical (unpaired) electrons. The number of nitrogens with zero attached hydrogens (tertiary/aromatic N) is 4. The maximum absolute atomic E-state index is 12.3. The van der Waals surface area contributed by atoms with Crippen LogP contribution in [0.5, 0.6) is 0 Å². The van der Waals surface area contributed by atoms with Gasteiger partial charge < -0.3 is 9.15 Å². The Hall–Kier alpha value is -1.97. The minimum absolute atomic E-state index is 0.239. The molecule has 110 valence electrons. The van der Waals surface area contributed by atoms with Crippen LogP contribution < -0.4 is 5.43 Å². The van der Waals surface area contributed by atoms with Crippen molar-refractivity contribution in [3.05, 3.63) is 30.4 Å². The highest BCUT2D eigenvalue weighted by Crippen LogP contribution is 2.23. The van der Waals surface area contributed by atoms with Gasteiger partial charge in [0.05, 0.1) is 19.8 Å². The quantitative estimate of drug-likeness (QED) is 0.824. The molecule has 0 bridgehead atoms. The molecular formula is C12H13N5O3S. The average molecular weight is 307 g/mol. The molecule has 2 aromatic heterocycles. The fraction of sp³-hybridized carbons (Fsp3) is 0.333. The topological polar surface area (TPSA) is 93.4 Å². The van der Waals surface area contributed by atoms with Gasteiger partial charge in [0, 0.05) is 30.7 Å². The van der Waals surface area contributed by atoms with Gasteiger partial charge in [0.25, 0.3) is 11.1 Å². The predicted octanol–water partition coefficient (Wildman–Crippen LogP) is 0.593. The molecule has 0 saturated carbocycles. The predicted molar refractivity (Wildman–Crippen MR) is 72.5 cm³/mol. The fourth-order valence-electron chi connectivity index (χ4n) is 1.72. The van der Waals surface area contributed by atoms with Crippen LogP contribution in [0.15, 0.2) is 39.5 Å². The molecule has 1 aliphatic rings. The molecule has 1 amide bonds. The Balaban J connectivity index is 1.67. The fourth-order valence-corrected chi connectivity index (χ4v) is 2.34. The van der Waals surface area contributed by atoms with Crippen molar-refractivity contribution in [3.8, 4) is 0 Å². The summed E-state index contributed by atoms with van der Waals surface area (Å²) in [7, 11) is 0. The van der Waals surface area contributed by atoms with Crippen LogP contribution in [-0.4, -0.2) is 52.2 Å². The van der Waals surface area contributed by atoms with Crippen molar-refractivity contribution in [1.82, 2.24) is 25.4 Å². The SMILES string of the molecule is O=C(c1coc(Sc2ncccn2)n1)N1CCOCCN1. The number of hydrazine groups is 1. The second-order valence-electron chi connectivity index (χ2n) is 4.11. The number of carbonyl (C=O) groups is 1. The van der Waals surface area contributed by atoms with Crippen molar-refractivity contribution in [1.29, 1.82) is 0 Å². The highest BCUT2D eigenvalue weighted by Gasteiger charge is 2.21. The van der Waals surface area contributed by atoms with Crippen LogP contribution in [0.2, 0.25) is 0 Å². The Morgan fingerprint density at radius 3 is 3.05 bits per heavy atom. The lowest BCUT2D eigenvalue weighted by atomic mass is 10.4. The lowest BCUT2D eigenvalue weighted by Gasteiger charge is -2.18. The van der Waals surface area contributed by atoms with Gasteiger partial charge in [0.2, 0.25) is 0 Å². The molecule has 8 nitrogen and oxygen atoms in total. The largest absolute Gasteiger partial charge is 0.439 e. The van der Waals surface area contributed by atoms with E-state index in [4.69, 9.17) is 9.15 Å². The van der Waals surface area contributed by atoms with E-state index >= 15 is 0 Å². The highest BCUT2D eigenvalue weighted by atomic mass is 32.2. The number of rotatable bonds is 3. The normalized spacial score (nSPS) is 15.7. The summed E-state index contributed by atoms with van der Waals surface area (Å²) in [5.74, 6) is -0.245. The maximum atomic E-state index is 12.3. The lowest BCUT2D eigenvalue weighted by Crippen LogP contribution is -2.43. The summed E-state index contributed by atoms with van der Waals surface area (Å²) >= 11 is 1.16. The van der Waals surface area contributed by atoms with E-state index in [-0.39, 0.29) is 11.6 Å². The zero-order chi connectivity index (χ0) is 14.5. The lowest BCUT2D eigenvalue weighted by molar-refractivity contribution is 0.0654. The van der Waals surface area contributed by atoms with Crippen LogP contribution in [0, 0.1) is 0 Å². The molecule has 21 heavy (non-hydrogen) atoms. The van der Waals surface area contributed by atoms with Crippen LogP contribution in [0.25, 0.3) is 0 Å². The standard InChI is InChI=1S/C12H13N5O3S/c18-10(17-5-7-19-6-4-15-17)9-8-20-12(16-9)21-11-13-2-1-3-14-11/h1-3,8,15H,4-7H2. The van der Waals surface area contributed by atoms with E-state index in [1.54, 1.807) is 18.5 Å². The van der Waals surface area contributed by atoms with E-state index < -0.39 is 0 Å². The van der Waals surface area contributed by atoms with Crippen LogP contribution >= 0.6 is 11.8 Å². The molecule has 0 aromatic carbocycles. The Morgan fingerprint density at radius 1 is 1.33 bits per heavy atom. The van der Waals surface area contributed by atoms with Crippen LogP contribution in [0.4, 0.5) is 0 Å². The van der Waals surface area contributed by atoms with E-state index in [0.717, 1.165) is 11.8 Å². The van der Waals surface area contributed by atoms with Crippen molar-refractivity contribution in [2.24, 2.45) is 0 Å². The van der Waals surface area contributed by atoms with Gasteiger partial charge in [-0.25, -0.2) is 15.4 Å². The molecule has 0 spiro atoms. The Morgan fingerprint density at radius 2 is 2.19 bits per heavy atom. The Kier molecular flexibility index (Phi) is 4.43. The molecule has 3 rings (SSSR count). The summed E-state index contributed by atoms with van der Waals surface area (Å²) in [5, 5.41) is 2.33. The number of amides is 1. The first kappa shape index (κ1) is 14.0. The van der Waals surface area contributed by atoms with Gasteiger partial charge in [-0.05, 0) is 6.07 Å². The molecule has 0 unspecified atom stereocenters. The summed E-state index contributed by atoms with van der Waals surface area (Å²) in [6.45, 7) is 2.13. The monoisotopic (exact) mass is 307 g/mol. The van der Waals surface area contributed by atoms with Crippen LogP contribution in [-0.2, 0) is 4.74 Å². The summed E-state index contributed by atoms with van der Waals surface area (Å²) < 4.78 is 10.6. The van der Waals surface area contributed by atoms with Gasteiger partial charge in [0.15, 0.2) is 10.9 Å². The van der Waals surface area contributed by atoms with E-state index in [2.05, 4.69) is 20.4 Å². The second-order valence-corrected chi connectivity index (χ2v) is 5.03. The molecule has 1 aliphatic heterocycles. The number of ether oxygens (including phenoxy) is 1. The van der Waals surface area contributed by atoms with Gasteiger partial charge in [-0.3, -0.25) is 9.80 Å². The second kappa shape index (κ2) is 6.66. The van der Waals surface area contributed by atoms with E-state index in [0.29, 0.717) is 36.7 Å². The number of aromatic nitrogens is 3. The van der Waals surface area contributed by atoms with Crippen molar-refractivity contribution < 1.29 is 13.9 Å². The van der Waals surface area contributed by atoms with E-state index in [1.165, 1.54) is 11.3 Å². The summed E-state index contributed by atoms with van der Waals surface area (Å²) in [6.07, 6.45) is 4.60. The van der Waals surface area contributed by atoms with Crippen molar-refractivity contribution in [3.63, 3.8) is 0 Å². The van der Waals surface area contributed by atoms with Crippen molar-refractivity contribution in [2.45, 2.75) is 10.4 Å². The van der Waals surface area contributed by atoms with Gasteiger partial charge in [-0.15, -0.1) is 0 Å². The molecule has 0 atom stereocenters. The van der Waals surface area contributed by atoms with Crippen LogP contribution in [0.3, 0.4) is 0 Å². The molecule has 9 heteroatoms. The summed E-state index contributed by atoms with van der Waals surface area (Å²) in [6, 6.07) is 1.72. The minimum Gasteiger partial charge on any atom is -0.439 e. The number of hydrogen-bond donors (Lipinski definition) is 1. The number of carbonyl (C=O) groups excluding carboxylic acids is 1. The molecule has 1 N–H and O–H groups in total. The zero-order valence-corrected chi connectivity index (χ0v) is 11.9.